The summed E-state index contributed by atoms with van der Waals surface area (Å²) >= 11 is 0. The lowest BCUT2D eigenvalue weighted by atomic mass is 10.1. The van der Waals surface area contributed by atoms with E-state index in [9.17, 15) is 9.59 Å². The van der Waals surface area contributed by atoms with Crippen LogP contribution in [-0.2, 0) is 28.5 Å². The minimum atomic E-state index is -0.387. The van der Waals surface area contributed by atoms with Crippen molar-refractivity contribution in [1.29, 1.82) is 0 Å². The summed E-state index contributed by atoms with van der Waals surface area (Å²) in [6.45, 7) is 0.188. The summed E-state index contributed by atoms with van der Waals surface area (Å²) in [4.78, 5) is 21.9. The smallest absolute Gasteiger partial charge is 0.332 e. The maximum absolute atomic E-state index is 11.0. The second kappa shape index (κ2) is 10.1. The molecule has 1 heterocycles. The summed E-state index contributed by atoms with van der Waals surface area (Å²) in [6, 6.07) is 0. The number of carbonyl (C=O) groups is 2. The average molecular weight is 298 g/mol. The number of hydrogen-bond donors (Lipinski definition) is 0. The van der Waals surface area contributed by atoms with Crippen LogP contribution in [0.1, 0.15) is 19.3 Å². The zero-order valence-electron chi connectivity index (χ0n) is 12.4. The van der Waals surface area contributed by atoms with Crippen molar-refractivity contribution >= 4 is 11.9 Å². The van der Waals surface area contributed by atoms with E-state index in [0.717, 1.165) is 12.8 Å². The lowest BCUT2D eigenvalue weighted by molar-refractivity contribution is -0.146. The van der Waals surface area contributed by atoms with Crippen LogP contribution in [0.25, 0.3) is 0 Å². The van der Waals surface area contributed by atoms with E-state index in [1.165, 1.54) is 14.2 Å². The van der Waals surface area contributed by atoms with Crippen LogP contribution < -0.4 is 0 Å². The second-order valence-electron chi connectivity index (χ2n) is 4.54. The first-order chi connectivity index (χ1) is 10.2. The quantitative estimate of drug-likeness (QED) is 0.345. The first-order valence-electron chi connectivity index (χ1n) is 6.87. The van der Waals surface area contributed by atoms with Crippen LogP contribution in [0.3, 0.4) is 0 Å². The van der Waals surface area contributed by atoms with Gasteiger partial charge in [-0.15, -0.1) is 0 Å². The van der Waals surface area contributed by atoms with Gasteiger partial charge in [-0.1, -0.05) is 18.2 Å². The summed E-state index contributed by atoms with van der Waals surface area (Å²) in [7, 11) is 2.83. The largest absolute Gasteiger partial charge is 0.469 e. The number of rotatable bonds is 10. The van der Waals surface area contributed by atoms with E-state index in [1.54, 1.807) is 12.2 Å². The van der Waals surface area contributed by atoms with Gasteiger partial charge in [0.05, 0.1) is 13.2 Å². The van der Waals surface area contributed by atoms with E-state index in [2.05, 4.69) is 9.47 Å². The number of hydrogen-bond acceptors (Lipinski definition) is 6. The van der Waals surface area contributed by atoms with Crippen molar-refractivity contribution in [1.82, 2.24) is 0 Å². The number of methoxy groups -OCH3 is 2. The Bertz CT molecular complexity index is 388. The van der Waals surface area contributed by atoms with Crippen molar-refractivity contribution in [3.05, 3.63) is 24.3 Å². The number of esters is 2. The zero-order valence-corrected chi connectivity index (χ0v) is 12.4. The van der Waals surface area contributed by atoms with Crippen molar-refractivity contribution in [3.63, 3.8) is 0 Å². The van der Waals surface area contributed by atoms with Crippen LogP contribution in [0.2, 0.25) is 0 Å². The molecule has 21 heavy (non-hydrogen) atoms. The van der Waals surface area contributed by atoms with E-state index in [0.29, 0.717) is 6.42 Å². The fourth-order valence-corrected chi connectivity index (χ4v) is 1.72. The maximum Gasteiger partial charge on any atom is 0.332 e. The molecule has 0 spiro atoms. The van der Waals surface area contributed by atoms with Gasteiger partial charge in [0.25, 0.3) is 0 Å². The number of carbonyl (C=O) groups excluding carboxylic acids is 2. The van der Waals surface area contributed by atoms with E-state index in [-0.39, 0.29) is 37.4 Å². The van der Waals surface area contributed by atoms with Gasteiger partial charge in [-0.2, -0.15) is 0 Å². The van der Waals surface area contributed by atoms with Crippen LogP contribution >= 0.6 is 0 Å². The SMILES string of the molecule is COCC(=O)OC/C=C/C=C/[C@H]1O[C@@H]1CCCC(=O)OC. The third-order valence-corrected chi connectivity index (χ3v) is 2.87. The molecule has 1 rings (SSSR count). The Balaban J connectivity index is 2.02. The molecule has 118 valence electrons. The van der Waals surface area contributed by atoms with Gasteiger partial charge >= 0.3 is 11.9 Å². The molecule has 0 aromatic heterocycles. The maximum atomic E-state index is 11.0. The van der Waals surface area contributed by atoms with Crippen LogP contribution in [0.4, 0.5) is 0 Å². The van der Waals surface area contributed by atoms with Gasteiger partial charge in [0.1, 0.15) is 19.3 Å². The molecule has 0 aliphatic carbocycles. The molecule has 0 aromatic rings. The molecular weight excluding hydrogens is 276 g/mol. The normalized spacial score (nSPS) is 20.9. The number of epoxide rings is 1. The predicted octanol–water partition coefficient (Wildman–Crippen LogP) is 1.40. The molecule has 0 saturated carbocycles. The van der Waals surface area contributed by atoms with Gasteiger partial charge in [-0.05, 0) is 18.9 Å². The summed E-state index contributed by atoms with van der Waals surface area (Å²) in [5.41, 5.74) is 0. The lowest BCUT2D eigenvalue weighted by Crippen LogP contribution is -2.10. The molecule has 1 fully saturated rings. The Kier molecular flexibility index (Phi) is 8.38. The van der Waals surface area contributed by atoms with Crippen molar-refractivity contribution in [3.8, 4) is 0 Å². The topological polar surface area (TPSA) is 74.4 Å². The molecule has 6 nitrogen and oxygen atoms in total. The molecule has 6 heteroatoms. The molecular formula is C15H22O6. The molecule has 0 amide bonds. The van der Waals surface area contributed by atoms with E-state index in [1.807, 2.05) is 12.2 Å². The minimum absolute atomic E-state index is 0.0349. The van der Waals surface area contributed by atoms with Crippen LogP contribution in [-0.4, -0.2) is 51.6 Å². The summed E-state index contributed by atoms with van der Waals surface area (Å²) < 4.78 is 19.5. The van der Waals surface area contributed by atoms with Gasteiger partial charge in [0.2, 0.25) is 0 Å². The highest BCUT2D eigenvalue weighted by Gasteiger charge is 2.35. The number of ether oxygens (including phenoxy) is 4. The van der Waals surface area contributed by atoms with Crippen LogP contribution in [0.15, 0.2) is 24.3 Å². The van der Waals surface area contributed by atoms with Crippen LogP contribution in [0, 0.1) is 0 Å². The molecule has 0 unspecified atom stereocenters. The number of allylic oxidation sites excluding steroid dienone is 2. The Morgan fingerprint density at radius 2 is 2.00 bits per heavy atom. The van der Waals surface area contributed by atoms with Gasteiger partial charge in [-0.25, -0.2) is 4.79 Å². The van der Waals surface area contributed by atoms with E-state index < -0.39 is 0 Å². The van der Waals surface area contributed by atoms with E-state index >= 15 is 0 Å². The molecule has 1 aliphatic rings. The molecule has 1 saturated heterocycles. The minimum Gasteiger partial charge on any atom is -0.469 e. The summed E-state index contributed by atoms with van der Waals surface area (Å²) in [5.74, 6) is -0.573. The van der Waals surface area contributed by atoms with Crippen molar-refractivity contribution in [2.45, 2.75) is 31.5 Å². The van der Waals surface area contributed by atoms with Crippen LogP contribution in [0.5, 0.6) is 0 Å². The second-order valence-corrected chi connectivity index (χ2v) is 4.54. The van der Waals surface area contributed by atoms with Gasteiger partial charge in [-0.3, -0.25) is 4.79 Å². The lowest BCUT2D eigenvalue weighted by Gasteiger charge is -1.98. The first-order valence-corrected chi connectivity index (χ1v) is 6.87. The van der Waals surface area contributed by atoms with Gasteiger partial charge in [0.15, 0.2) is 0 Å². The highest BCUT2D eigenvalue weighted by molar-refractivity contribution is 5.70. The Morgan fingerprint density at radius 3 is 2.71 bits per heavy atom. The fourth-order valence-electron chi connectivity index (χ4n) is 1.72. The summed E-state index contributed by atoms with van der Waals surface area (Å²) in [6.07, 6.45) is 9.69. The van der Waals surface area contributed by atoms with Gasteiger partial charge in [0, 0.05) is 13.5 Å². The predicted molar refractivity (Wildman–Crippen MR) is 75.6 cm³/mol. The van der Waals surface area contributed by atoms with Crippen molar-refractivity contribution in [2.75, 3.05) is 27.4 Å². The monoisotopic (exact) mass is 298 g/mol. The molecule has 1 aliphatic heterocycles. The Labute approximate surface area is 124 Å². The summed E-state index contributed by atoms with van der Waals surface area (Å²) in [5, 5.41) is 0. The Morgan fingerprint density at radius 1 is 1.19 bits per heavy atom. The first kappa shape index (κ1) is 17.4. The molecule has 0 radical (unpaired) electrons. The Hall–Kier alpha value is -1.66. The average Bonchev–Trinajstić information content (AvgIpc) is 3.21. The third-order valence-electron chi connectivity index (χ3n) is 2.87. The highest BCUT2D eigenvalue weighted by Crippen LogP contribution is 2.28. The molecule has 2 atom stereocenters. The van der Waals surface area contributed by atoms with Crippen molar-refractivity contribution in [2.24, 2.45) is 0 Å². The van der Waals surface area contributed by atoms with E-state index in [4.69, 9.17) is 9.47 Å². The zero-order chi connectivity index (χ0) is 15.5. The fraction of sp³-hybridized carbons (Fsp3) is 0.600. The third kappa shape index (κ3) is 8.27. The van der Waals surface area contributed by atoms with Gasteiger partial charge < -0.3 is 18.9 Å². The standard InChI is InChI=1S/C15H22O6/c1-18-11-15(17)20-10-5-3-4-7-12-13(21-12)8-6-9-14(16)19-2/h3-5,7,12-13H,6,8-11H2,1-2H3/b5-3+,7-4+/t12-,13-/m1/s1. The highest BCUT2D eigenvalue weighted by atomic mass is 16.6. The van der Waals surface area contributed by atoms with Crippen molar-refractivity contribution < 1.29 is 28.5 Å². The molecule has 0 bridgehead atoms. The molecule has 0 N–H and O–H groups in total. The molecule has 0 aromatic carbocycles.